The SMILES string of the molecule is O=C(CS(=O)(=O)CCO)N1CCc2ccccc2C1. The largest absolute Gasteiger partial charge is 0.395 e. The Bertz CT molecular complexity index is 568. The fourth-order valence-corrected chi connectivity index (χ4v) is 3.18. The van der Waals surface area contributed by atoms with E-state index in [9.17, 15) is 13.2 Å². The van der Waals surface area contributed by atoms with Gasteiger partial charge in [0.25, 0.3) is 0 Å². The molecule has 1 aliphatic heterocycles. The van der Waals surface area contributed by atoms with E-state index in [0.717, 1.165) is 12.0 Å². The second kappa shape index (κ2) is 5.71. The summed E-state index contributed by atoms with van der Waals surface area (Å²) in [6.45, 7) is 0.562. The Balaban J connectivity index is 2.03. The summed E-state index contributed by atoms with van der Waals surface area (Å²) < 4.78 is 23.0. The van der Waals surface area contributed by atoms with Gasteiger partial charge in [-0.1, -0.05) is 24.3 Å². The van der Waals surface area contributed by atoms with E-state index < -0.39 is 22.2 Å². The Morgan fingerprint density at radius 3 is 2.63 bits per heavy atom. The van der Waals surface area contributed by atoms with E-state index in [1.165, 1.54) is 5.56 Å². The van der Waals surface area contributed by atoms with E-state index in [4.69, 9.17) is 5.11 Å². The minimum atomic E-state index is -3.50. The Hall–Kier alpha value is -1.40. The van der Waals surface area contributed by atoms with Gasteiger partial charge in [0, 0.05) is 13.1 Å². The number of fused-ring (bicyclic) bond motifs is 1. The Morgan fingerprint density at radius 1 is 1.26 bits per heavy atom. The standard InChI is InChI=1S/C13H17NO4S/c15-7-8-19(17,18)10-13(16)14-6-5-11-3-1-2-4-12(11)9-14/h1-4,15H,5-10H2. The number of carbonyl (C=O) groups excluding carboxylic acids is 1. The number of rotatable bonds is 4. The number of aliphatic hydroxyl groups is 1. The van der Waals surface area contributed by atoms with Crippen LogP contribution < -0.4 is 0 Å². The van der Waals surface area contributed by atoms with Crippen LogP contribution in [0.15, 0.2) is 24.3 Å². The lowest BCUT2D eigenvalue weighted by molar-refractivity contribution is -0.129. The molecule has 0 fully saturated rings. The number of sulfone groups is 1. The predicted molar refractivity (Wildman–Crippen MR) is 71.3 cm³/mol. The molecular formula is C13H17NO4S. The third-order valence-electron chi connectivity index (χ3n) is 3.23. The predicted octanol–water partition coefficient (Wildman–Crippen LogP) is -0.0216. The van der Waals surface area contributed by atoms with E-state index in [2.05, 4.69) is 0 Å². The number of amides is 1. The van der Waals surface area contributed by atoms with Gasteiger partial charge in [-0.15, -0.1) is 0 Å². The highest BCUT2D eigenvalue weighted by Crippen LogP contribution is 2.18. The van der Waals surface area contributed by atoms with E-state index in [1.807, 2.05) is 24.3 Å². The van der Waals surface area contributed by atoms with Crippen molar-refractivity contribution in [1.82, 2.24) is 4.90 Å². The second-order valence-electron chi connectivity index (χ2n) is 4.65. The molecule has 1 N–H and O–H groups in total. The van der Waals surface area contributed by atoms with Crippen molar-refractivity contribution in [2.75, 3.05) is 24.7 Å². The van der Waals surface area contributed by atoms with Gasteiger partial charge in [-0.05, 0) is 17.5 Å². The molecule has 1 amide bonds. The van der Waals surface area contributed by atoms with Gasteiger partial charge in [0.05, 0.1) is 12.4 Å². The maximum atomic E-state index is 12.0. The molecule has 104 valence electrons. The summed E-state index contributed by atoms with van der Waals surface area (Å²) in [5.41, 5.74) is 2.28. The monoisotopic (exact) mass is 283 g/mol. The molecule has 1 aromatic rings. The van der Waals surface area contributed by atoms with Crippen LogP contribution >= 0.6 is 0 Å². The lowest BCUT2D eigenvalue weighted by Gasteiger charge is -2.28. The number of benzene rings is 1. The molecule has 0 aromatic heterocycles. The lowest BCUT2D eigenvalue weighted by atomic mass is 10.00. The first kappa shape index (κ1) is 14.0. The molecule has 6 heteroatoms. The number of hydrogen-bond donors (Lipinski definition) is 1. The van der Waals surface area contributed by atoms with Crippen LogP contribution in [0.3, 0.4) is 0 Å². The van der Waals surface area contributed by atoms with Gasteiger partial charge in [-0.3, -0.25) is 4.79 Å². The van der Waals surface area contributed by atoms with Crippen molar-refractivity contribution in [3.63, 3.8) is 0 Å². The zero-order chi connectivity index (χ0) is 13.9. The molecule has 0 saturated carbocycles. The van der Waals surface area contributed by atoms with Crippen molar-refractivity contribution in [3.8, 4) is 0 Å². The molecule has 2 rings (SSSR count). The molecule has 1 heterocycles. The molecule has 1 aromatic carbocycles. The van der Waals surface area contributed by atoms with E-state index in [0.29, 0.717) is 13.1 Å². The molecule has 1 aliphatic rings. The third-order valence-corrected chi connectivity index (χ3v) is 4.72. The summed E-state index contributed by atoms with van der Waals surface area (Å²) >= 11 is 0. The molecule has 0 unspecified atom stereocenters. The van der Waals surface area contributed by atoms with Gasteiger partial charge in [0.2, 0.25) is 5.91 Å². The van der Waals surface area contributed by atoms with Crippen LogP contribution in [0, 0.1) is 0 Å². The molecule has 0 atom stereocenters. The maximum absolute atomic E-state index is 12.0. The zero-order valence-corrected chi connectivity index (χ0v) is 11.4. The van der Waals surface area contributed by atoms with Gasteiger partial charge in [-0.2, -0.15) is 0 Å². The van der Waals surface area contributed by atoms with Crippen molar-refractivity contribution in [3.05, 3.63) is 35.4 Å². The van der Waals surface area contributed by atoms with E-state index in [1.54, 1.807) is 4.90 Å². The Labute approximate surface area is 112 Å². The molecule has 0 spiro atoms. The van der Waals surface area contributed by atoms with Gasteiger partial charge >= 0.3 is 0 Å². The van der Waals surface area contributed by atoms with Crippen LogP contribution in [0.2, 0.25) is 0 Å². The summed E-state index contributed by atoms with van der Waals surface area (Å²) in [7, 11) is -3.50. The van der Waals surface area contributed by atoms with Crippen molar-refractivity contribution in [2.45, 2.75) is 13.0 Å². The number of carbonyl (C=O) groups is 1. The first-order chi connectivity index (χ1) is 9.02. The number of nitrogens with zero attached hydrogens (tertiary/aromatic N) is 1. The van der Waals surface area contributed by atoms with Crippen LogP contribution in [0.25, 0.3) is 0 Å². The quantitative estimate of drug-likeness (QED) is 0.842. The topological polar surface area (TPSA) is 74.7 Å². The highest BCUT2D eigenvalue weighted by molar-refractivity contribution is 7.92. The molecule has 0 aliphatic carbocycles. The van der Waals surface area contributed by atoms with Crippen molar-refractivity contribution in [1.29, 1.82) is 0 Å². The maximum Gasteiger partial charge on any atom is 0.238 e. The van der Waals surface area contributed by atoms with Gasteiger partial charge < -0.3 is 10.0 Å². The van der Waals surface area contributed by atoms with E-state index in [-0.39, 0.29) is 11.7 Å². The first-order valence-corrected chi connectivity index (χ1v) is 8.00. The number of aliphatic hydroxyl groups excluding tert-OH is 1. The van der Waals surface area contributed by atoms with Crippen LogP contribution in [-0.2, 0) is 27.6 Å². The Kier molecular flexibility index (Phi) is 4.21. The fraction of sp³-hybridized carbons (Fsp3) is 0.462. The summed E-state index contributed by atoms with van der Waals surface area (Å²) in [4.78, 5) is 13.5. The van der Waals surface area contributed by atoms with E-state index >= 15 is 0 Å². The van der Waals surface area contributed by atoms with Crippen LogP contribution in [0.4, 0.5) is 0 Å². The first-order valence-electron chi connectivity index (χ1n) is 6.18. The van der Waals surface area contributed by atoms with Gasteiger partial charge in [-0.25, -0.2) is 8.42 Å². The molecular weight excluding hydrogens is 266 g/mol. The van der Waals surface area contributed by atoms with Crippen LogP contribution in [-0.4, -0.2) is 49.0 Å². The summed E-state index contributed by atoms with van der Waals surface area (Å²) in [5, 5.41) is 8.65. The average molecular weight is 283 g/mol. The Morgan fingerprint density at radius 2 is 1.95 bits per heavy atom. The summed E-state index contributed by atoms with van der Waals surface area (Å²) in [6.07, 6.45) is 0.752. The lowest BCUT2D eigenvalue weighted by Crippen LogP contribution is -2.39. The molecule has 0 radical (unpaired) electrons. The zero-order valence-electron chi connectivity index (χ0n) is 10.6. The minimum Gasteiger partial charge on any atom is -0.395 e. The second-order valence-corrected chi connectivity index (χ2v) is 6.83. The minimum absolute atomic E-state index is 0.358. The van der Waals surface area contributed by atoms with Crippen molar-refractivity contribution in [2.24, 2.45) is 0 Å². The fourth-order valence-electron chi connectivity index (χ4n) is 2.20. The van der Waals surface area contributed by atoms with Crippen LogP contribution in [0.5, 0.6) is 0 Å². The van der Waals surface area contributed by atoms with Gasteiger partial charge in [0.1, 0.15) is 5.75 Å². The van der Waals surface area contributed by atoms with Crippen LogP contribution in [0.1, 0.15) is 11.1 Å². The van der Waals surface area contributed by atoms with Crippen molar-refractivity contribution >= 4 is 15.7 Å². The molecule has 0 bridgehead atoms. The smallest absolute Gasteiger partial charge is 0.238 e. The third kappa shape index (κ3) is 3.54. The highest BCUT2D eigenvalue weighted by atomic mass is 32.2. The summed E-state index contributed by atoms with van der Waals surface area (Å²) in [6, 6.07) is 7.86. The summed E-state index contributed by atoms with van der Waals surface area (Å²) in [5.74, 6) is -1.26. The highest BCUT2D eigenvalue weighted by Gasteiger charge is 2.24. The average Bonchev–Trinajstić information content (AvgIpc) is 2.37. The normalized spacial score (nSPS) is 15.1. The molecule has 0 saturated heterocycles. The molecule has 19 heavy (non-hydrogen) atoms. The van der Waals surface area contributed by atoms with Crippen molar-refractivity contribution < 1.29 is 18.3 Å². The number of hydrogen-bond acceptors (Lipinski definition) is 4. The van der Waals surface area contributed by atoms with Gasteiger partial charge in [0.15, 0.2) is 9.84 Å². The molecule has 5 nitrogen and oxygen atoms in total.